The molecule has 3 nitrogen and oxygen atoms in total. The zero-order valence-corrected chi connectivity index (χ0v) is 9.95. The van der Waals surface area contributed by atoms with Crippen LogP contribution in [0.15, 0.2) is 0 Å². The lowest BCUT2D eigenvalue weighted by Crippen LogP contribution is -2.36. The minimum Gasteiger partial charge on any atom is -0.391 e. The van der Waals surface area contributed by atoms with Gasteiger partial charge in [0.25, 0.3) is 0 Å². The summed E-state index contributed by atoms with van der Waals surface area (Å²) in [5.74, 6) is 0.485. The van der Waals surface area contributed by atoms with Crippen LogP contribution in [0.1, 0.15) is 33.1 Å². The van der Waals surface area contributed by atoms with Crippen molar-refractivity contribution >= 4 is 0 Å². The molecule has 0 aromatic rings. The van der Waals surface area contributed by atoms with Crippen LogP contribution in [0.3, 0.4) is 0 Å². The maximum Gasteiger partial charge on any atom is 0.0705 e. The van der Waals surface area contributed by atoms with Crippen LogP contribution in [0.2, 0.25) is 0 Å². The SMILES string of the molecule is CC(C)N1CCC(C(O)CNC2CC2)C1. The van der Waals surface area contributed by atoms with Gasteiger partial charge < -0.3 is 15.3 Å². The third kappa shape index (κ3) is 3.16. The van der Waals surface area contributed by atoms with Crippen molar-refractivity contribution in [3.63, 3.8) is 0 Å². The Morgan fingerprint density at radius 1 is 1.33 bits per heavy atom. The summed E-state index contributed by atoms with van der Waals surface area (Å²) in [5, 5.41) is 13.4. The second-order valence-electron chi connectivity index (χ2n) is 5.39. The van der Waals surface area contributed by atoms with Gasteiger partial charge in [-0.2, -0.15) is 0 Å². The fraction of sp³-hybridized carbons (Fsp3) is 1.00. The van der Waals surface area contributed by atoms with E-state index in [1.54, 1.807) is 0 Å². The molecule has 0 aromatic carbocycles. The first-order valence-electron chi connectivity index (χ1n) is 6.32. The van der Waals surface area contributed by atoms with Gasteiger partial charge in [0.05, 0.1) is 6.10 Å². The van der Waals surface area contributed by atoms with Crippen LogP contribution < -0.4 is 5.32 Å². The summed E-state index contributed by atoms with van der Waals surface area (Å²) in [7, 11) is 0. The van der Waals surface area contributed by atoms with Gasteiger partial charge in [0.15, 0.2) is 0 Å². The van der Waals surface area contributed by atoms with Gasteiger partial charge in [0.1, 0.15) is 0 Å². The second kappa shape index (κ2) is 4.81. The summed E-state index contributed by atoms with van der Waals surface area (Å²) in [6, 6.07) is 1.33. The van der Waals surface area contributed by atoms with Crippen LogP contribution in [0.5, 0.6) is 0 Å². The van der Waals surface area contributed by atoms with Crippen molar-refractivity contribution in [3.05, 3.63) is 0 Å². The first-order valence-corrected chi connectivity index (χ1v) is 6.32. The molecule has 2 atom stereocenters. The molecule has 1 heterocycles. The number of aliphatic hydroxyl groups excluding tert-OH is 1. The highest BCUT2D eigenvalue weighted by Crippen LogP contribution is 2.23. The standard InChI is InChI=1S/C12H24N2O/c1-9(2)14-6-5-10(8-14)12(15)7-13-11-3-4-11/h9-13,15H,3-8H2,1-2H3. The molecule has 2 N–H and O–H groups in total. The van der Waals surface area contributed by atoms with E-state index in [2.05, 4.69) is 24.1 Å². The highest BCUT2D eigenvalue weighted by atomic mass is 16.3. The largest absolute Gasteiger partial charge is 0.391 e. The molecule has 2 unspecified atom stereocenters. The Hall–Kier alpha value is -0.120. The fourth-order valence-electron chi connectivity index (χ4n) is 2.34. The van der Waals surface area contributed by atoms with Gasteiger partial charge in [-0.1, -0.05) is 0 Å². The van der Waals surface area contributed by atoms with Crippen molar-refractivity contribution < 1.29 is 5.11 Å². The molecule has 1 saturated heterocycles. The molecule has 0 aromatic heterocycles. The third-order valence-electron chi connectivity index (χ3n) is 3.72. The van der Waals surface area contributed by atoms with Crippen molar-refractivity contribution in [3.8, 4) is 0 Å². The van der Waals surface area contributed by atoms with E-state index in [0.29, 0.717) is 18.0 Å². The van der Waals surface area contributed by atoms with Crippen molar-refractivity contribution in [1.82, 2.24) is 10.2 Å². The van der Waals surface area contributed by atoms with E-state index < -0.39 is 0 Å². The first-order chi connectivity index (χ1) is 7.16. The summed E-state index contributed by atoms with van der Waals surface area (Å²) in [6.07, 6.45) is 3.62. The molecule has 2 rings (SSSR count). The second-order valence-corrected chi connectivity index (χ2v) is 5.39. The van der Waals surface area contributed by atoms with Crippen molar-refractivity contribution in [1.29, 1.82) is 0 Å². The lowest BCUT2D eigenvalue weighted by Gasteiger charge is -2.22. The van der Waals surface area contributed by atoms with Gasteiger partial charge in [-0.05, 0) is 39.7 Å². The van der Waals surface area contributed by atoms with Crippen LogP contribution >= 0.6 is 0 Å². The molecule has 2 aliphatic rings. The highest BCUT2D eigenvalue weighted by Gasteiger charge is 2.30. The average Bonchev–Trinajstić information content (AvgIpc) is 2.88. The number of hydrogen-bond acceptors (Lipinski definition) is 3. The molecule has 0 bridgehead atoms. The Kier molecular flexibility index (Phi) is 3.65. The molecule has 0 radical (unpaired) electrons. The molecular formula is C12H24N2O. The van der Waals surface area contributed by atoms with E-state index >= 15 is 0 Å². The van der Waals surface area contributed by atoms with E-state index in [0.717, 1.165) is 26.1 Å². The summed E-state index contributed by atoms with van der Waals surface area (Å²) >= 11 is 0. The molecule has 88 valence electrons. The van der Waals surface area contributed by atoms with Gasteiger partial charge in [-0.3, -0.25) is 0 Å². The third-order valence-corrected chi connectivity index (χ3v) is 3.72. The van der Waals surface area contributed by atoms with Gasteiger partial charge in [0.2, 0.25) is 0 Å². The Labute approximate surface area is 92.8 Å². The number of aliphatic hydroxyl groups is 1. The quantitative estimate of drug-likeness (QED) is 0.708. The smallest absolute Gasteiger partial charge is 0.0705 e. The first kappa shape index (κ1) is 11.4. The lowest BCUT2D eigenvalue weighted by molar-refractivity contribution is 0.106. The maximum atomic E-state index is 10.0. The maximum absolute atomic E-state index is 10.0. The molecule has 2 fully saturated rings. The average molecular weight is 212 g/mol. The van der Waals surface area contributed by atoms with E-state index in [9.17, 15) is 5.11 Å². The molecule has 0 amide bonds. The summed E-state index contributed by atoms with van der Waals surface area (Å²) in [4.78, 5) is 2.46. The molecule has 1 aliphatic carbocycles. The Bertz CT molecular complexity index is 204. The van der Waals surface area contributed by atoms with Gasteiger partial charge in [-0.15, -0.1) is 0 Å². The Morgan fingerprint density at radius 2 is 2.07 bits per heavy atom. The number of hydrogen-bond donors (Lipinski definition) is 2. The van der Waals surface area contributed by atoms with Crippen LogP contribution in [0, 0.1) is 5.92 Å². The fourth-order valence-corrected chi connectivity index (χ4v) is 2.34. The summed E-state index contributed by atoms with van der Waals surface area (Å²) in [5.41, 5.74) is 0. The predicted octanol–water partition coefficient (Wildman–Crippen LogP) is 0.830. The Balaban J connectivity index is 1.69. The molecule has 1 saturated carbocycles. The number of nitrogens with one attached hydrogen (secondary N) is 1. The number of likely N-dealkylation sites (tertiary alicyclic amines) is 1. The van der Waals surface area contributed by atoms with Gasteiger partial charge in [-0.25, -0.2) is 0 Å². The molecular weight excluding hydrogens is 188 g/mol. The van der Waals surface area contributed by atoms with Crippen LogP contribution in [0.4, 0.5) is 0 Å². The molecule has 15 heavy (non-hydrogen) atoms. The summed E-state index contributed by atoms with van der Waals surface area (Å²) in [6.45, 7) is 7.49. The zero-order chi connectivity index (χ0) is 10.8. The minimum absolute atomic E-state index is 0.144. The van der Waals surface area contributed by atoms with E-state index in [1.807, 2.05) is 0 Å². The predicted molar refractivity (Wildman–Crippen MR) is 61.8 cm³/mol. The molecule has 1 aliphatic heterocycles. The van der Waals surface area contributed by atoms with Gasteiger partial charge >= 0.3 is 0 Å². The van der Waals surface area contributed by atoms with Crippen molar-refractivity contribution in [2.75, 3.05) is 19.6 Å². The van der Waals surface area contributed by atoms with E-state index in [4.69, 9.17) is 0 Å². The normalized spacial score (nSPS) is 30.0. The minimum atomic E-state index is -0.144. The van der Waals surface area contributed by atoms with Crippen LogP contribution in [0.25, 0.3) is 0 Å². The van der Waals surface area contributed by atoms with E-state index in [1.165, 1.54) is 12.8 Å². The van der Waals surface area contributed by atoms with Crippen LogP contribution in [-0.4, -0.2) is 47.8 Å². The Morgan fingerprint density at radius 3 is 2.60 bits per heavy atom. The number of nitrogens with zero attached hydrogens (tertiary/aromatic N) is 1. The topological polar surface area (TPSA) is 35.5 Å². The molecule has 3 heteroatoms. The zero-order valence-electron chi connectivity index (χ0n) is 9.95. The monoisotopic (exact) mass is 212 g/mol. The van der Waals surface area contributed by atoms with Crippen molar-refractivity contribution in [2.24, 2.45) is 5.92 Å². The summed E-state index contributed by atoms with van der Waals surface area (Å²) < 4.78 is 0. The van der Waals surface area contributed by atoms with Gasteiger partial charge in [0, 0.05) is 31.1 Å². The number of rotatable bonds is 5. The van der Waals surface area contributed by atoms with E-state index in [-0.39, 0.29) is 6.10 Å². The molecule has 0 spiro atoms. The van der Waals surface area contributed by atoms with Crippen molar-refractivity contribution in [2.45, 2.75) is 51.3 Å². The lowest BCUT2D eigenvalue weighted by atomic mass is 10.0. The highest BCUT2D eigenvalue weighted by molar-refractivity contribution is 4.86. The van der Waals surface area contributed by atoms with Crippen LogP contribution in [-0.2, 0) is 0 Å².